The Morgan fingerprint density at radius 1 is 0.449 bits per heavy atom. The van der Waals surface area contributed by atoms with E-state index < -0.39 is 49.5 Å². The van der Waals surface area contributed by atoms with Crippen molar-refractivity contribution in [3.8, 4) is 0 Å². The third-order valence-electron chi connectivity index (χ3n) is 15.5. The summed E-state index contributed by atoms with van der Waals surface area (Å²) < 4.78 is 11.3. The number of nitrogens with one attached hydrogen (secondary N) is 1. The van der Waals surface area contributed by atoms with Crippen molar-refractivity contribution in [2.45, 2.75) is 346 Å². The minimum absolute atomic E-state index is 0.186. The zero-order valence-electron chi connectivity index (χ0n) is 50.7. The summed E-state index contributed by atoms with van der Waals surface area (Å²) in [5.74, 6) is -0.186. The molecule has 1 heterocycles. The van der Waals surface area contributed by atoms with Crippen molar-refractivity contribution < 1.29 is 39.8 Å². The van der Waals surface area contributed by atoms with E-state index in [1.807, 2.05) is 6.08 Å². The summed E-state index contributed by atoms with van der Waals surface area (Å²) in [4.78, 5) is 13.1. The zero-order valence-corrected chi connectivity index (χ0v) is 50.7. The van der Waals surface area contributed by atoms with E-state index in [9.17, 15) is 30.3 Å². The van der Waals surface area contributed by atoms with Crippen molar-refractivity contribution in [1.82, 2.24) is 5.32 Å². The van der Waals surface area contributed by atoms with Crippen LogP contribution in [0.2, 0.25) is 0 Å². The lowest BCUT2D eigenvalue weighted by molar-refractivity contribution is -0.302. The van der Waals surface area contributed by atoms with Gasteiger partial charge >= 0.3 is 0 Å². The largest absolute Gasteiger partial charge is 0.394 e. The SMILES string of the molecule is CC/C=C\C/C=C\C/C=C\C/C=C\CCCCCCCCCCCCCCCCC(=O)NC(COC1OC(CO)C(O)C(O)C1O)C(O)/C=C/CC/C=C/CCCCCCCCCCCCCCCCCCCCCCCC. The molecule has 7 unspecified atom stereocenters. The molecule has 1 amide bonds. The molecule has 0 aliphatic carbocycles. The summed E-state index contributed by atoms with van der Waals surface area (Å²) in [6.07, 6.45) is 74.2. The fraction of sp³-hybridized carbons (Fsp3) is 0.812. The number of hydrogen-bond donors (Lipinski definition) is 6. The molecule has 0 aromatic heterocycles. The quantitative estimate of drug-likeness (QED) is 0.0261. The second-order valence-corrected chi connectivity index (χ2v) is 22.9. The second-order valence-electron chi connectivity index (χ2n) is 22.9. The van der Waals surface area contributed by atoms with Crippen LogP contribution < -0.4 is 5.32 Å². The highest BCUT2D eigenvalue weighted by molar-refractivity contribution is 5.76. The Labute approximate surface area is 480 Å². The van der Waals surface area contributed by atoms with Crippen LogP contribution in [0.15, 0.2) is 72.9 Å². The van der Waals surface area contributed by atoms with E-state index in [2.05, 4.69) is 79.9 Å². The van der Waals surface area contributed by atoms with E-state index >= 15 is 0 Å². The van der Waals surface area contributed by atoms with E-state index in [1.165, 1.54) is 218 Å². The van der Waals surface area contributed by atoms with Crippen molar-refractivity contribution in [1.29, 1.82) is 0 Å². The predicted octanol–water partition coefficient (Wildman–Crippen LogP) is 17.6. The smallest absolute Gasteiger partial charge is 0.220 e. The van der Waals surface area contributed by atoms with E-state index in [0.29, 0.717) is 6.42 Å². The number of aliphatic hydroxyl groups excluding tert-OH is 5. The van der Waals surface area contributed by atoms with Gasteiger partial charge in [-0.3, -0.25) is 4.79 Å². The highest BCUT2D eigenvalue weighted by atomic mass is 16.7. The average molecular weight is 1100 g/mol. The maximum absolute atomic E-state index is 13.1. The number of ether oxygens (including phenoxy) is 2. The van der Waals surface area contributed by atoms with Crippen molar-refractivity contribution in [3.05, 3.63) is 72.9 Å². The molecule has 454 valence electrons. The van der Waals surface area contributed by atoms with Crippen molar-refractivity contribution in [2.24, 2.45) is 0 Å². The first kappa shape index (κ1) is 73.6. The zero-order chi connectivity index (χ0) is 56.5. The lowest BCUT2D eigenvalue weighted by Crippen LogP contribution is -2.60. The van der Waals surface area contributed by atoms with Crippen LogP contribution in [0.4, 0.5) is 0 Å². The van der Waals surface area contributed by atoms with Crippen LogP contribution in [0.5, 0.6) is 0 Å². The van der Waals surface area contributed by atoms with Gasteiger partial charge in [0.05, 0.1) is 25.4 Å². The molecule has 1 fully saturated rings. The molecule has 0 spiro atoms. The Kier molecular flexibility index (Phi) is 54.6. The third kappa shape index (κ3) is 46.3. The van der Waals surface area contributed by atoms with Crippen LogP contribution >= 0.6 is 0 Å². The third-order valence-corrected chi connectivity index (χ3v) is 15.5. The van der Waals surface area contributed by atoms with Crippen LogP contribution in [0, 0.1) is 0 Å². The van der Waals surface area contributed by atoms with Gasteiger partial charge in [0.25, 0.3) is 0 Å². The number of carbonyl (C=O) groups excluding carboxylic acids is 1. The average Bonchev–Trinajstić information content (AvgIpc) is 3.45. The monoisotopic (exact) mass is 1100 g/mol. The van der Waals surface area contributed by atoms with Gasteiger partial charge in [0.15, 0.2) is 6.29 Å². The summed E-state index contributed by atoms with van der Waals surface area (Å²) in [6, 6.07) is -0.827. The number of aliphatic hydroxyl groups is 5. The van der Waals surface area contributed by atoms with Gasteiger partial charge < -0.3 is 40.3 Å². The standard InChI is InChI=1S/C69H125NO8/c1-3-5-7-9-11-13-15-17-19-21-23-25-27-29-31-33-34-36-38-40-42-44-46-48-50-52-54-56-58-63(72)62(61-77-69-68(76)67(75)66(74)64(60-71)78-69)70-65(73)59-57-55-53-51-49-47-45-43-41-39-37-35-32-30-28-26-24-22-20-18-16-14-12-10-8-6-4-2/h6,8,12,14,18,20,24,26,48,50,56,58,62-64,66-69,71-72,74-76H,3-5,7,9-11,13,15-17,19,21-23,25,27-47,49,51-55,57,59-61H2,1-2H3,(H,70,73)/b8-6-,14-12-,20-18-,26-24-,50-48+,58-56+. The van der Waals surface area contributed by atoms with E-state index in [1.54, 1.807) is 6.08 Å². The molecule has 9 heteroatoms. The molecule has 1 saturated heterocycles. The summed E-state index contributed by atoms with van der Waals surface area (Å²) in [6.45, 7) is 3.68. The Balaban J connectivity index is 2.18. The molecular weight excluding hydrogens is 971 g/mol. The summed E-state index contributed by atoms with van der Waals surface area (Å²) in [5.41, 5.74) is 0. The number of amides is 1. The van der Waals surface area contributed by atoms with Gasteiger partial charge in [-0.25, -0.2) is 0 Å². The summed E-state index contributed by atoms with van der Waals surface area (Å²) in [7, 11) is 0. The van der Waals surface area contributed by atoms with Crippen molar-refractivity contribution in [3.63, 3.8) is 0 Å². The number of hydrogen-bond acceptors (Lipinski definition) is 8. The number of carbonyl (C=O) groups is 1. The Hall–Kier alpha value is -2.37. The predicted molar refractivity (Wildman–Crippen MR) is 332 cm³/mol. The van der Waals surface area contributed by atoms with Crippen molar-refractivity contribution >= 4 is 5.91 Å². The maximum Gasteiger partial charge on any atom is 0.220 e. The fourth-order valence-corrected chi connectivity index (χ4v) is 10.3. The van der Waals surface area contributed by atoms with Crippen molar-refractivity contribution in [2.75, 3.05) is 13.2 Å². The molecule has 0 radical (unpaired) electrons. The maximum atomic E-state index is 13.1. The number of rotatable bonds is 57. The summed E-state index contributed by atoms with van der Waals surface area (Å²) >= 11 is 0. The molecule has 1 rings (SSSR count). The lowest BCUT2D eigenvalue weighted by Gasteiger charge is -2.40. The van der Waals surface area contributed by atoms with Crippen LogP contribution in [0.1, 0.15) is 303 Å². The Morgan fingerprint density at radius 3 is 1.23 bits per heavy atom. The number of unbranched alkanes of at least 4 members (excludes halogenated alkanes) is 37. The van der Waals surface area contributed by atoms with Crippen LogP contribution in [-0.4, -0.2) is 87.5 Å². The first-order valence-corrected chi connectivity index (χ1v) is 33.2. The van der Waals surface area contributed by atoms with Gasteiger partial charge in [0.1, 0.15) is 24.4 Å². The van der Waals surface area contributed by atoms with Crippen LogP contribution in [0.3, 0.4) is 0 Å². The van der Waals surface area contributed by atoms with E-state index in [-0.39, 0.29) is 12.5 Å². The lowest BCUT2D eigenvalue weighted by atomic mass is 9.99. The highest BCUT2D eigenvalue weighted by Crippen LogP contribution is 2.23. The first-order valence-electron chi connectivity index (χ1n) is 33.2. The minimum atomic E-state index is -1.58. The molecule has 7 atom stereocenters. The van der Waals surface area contributed by atoms with Crippen LogP contribution in [0.25, 0.3) is 0 Å². The number of allylic oxidation sites excluding steroid dienone is 11. The molecule has 1 aliphatic rings. The molecular formula is C69H125NO8. The Bertz CT molecular complexity index is 1460. The van der Waals surface area contributed by atoms with E-state index in [0.717, 1.165) is 64.2 Å². The fourth-order valence-electron chi connectivity index (χ4n) is 10.3. The van der Waals surface area contributed by atoms with Gasteiger partial charge in [-0.05, 0) is 70.6 Å². The molecule has 9 nitrogen and oxygen atoms in total. The molecule has 0 aromatic rings. The topological polar surface area (TPSA) is 149 Å². The second kappa shape index (κ2) is 57.8. The Morgan fingerprint density at radius 2 is 0.808 bits per heavy atom. The normalized spacial score (nSPS) is 19.1. The molecule has 0 bridgehead atoms. The molecule has 1 aliphatic heterocycles. The van der Waals surface area contributed by atoms with Gasteiger partial charge in [0.2, 0.25) is 5.91 Å². The molecule has 6 N–H and O–H groups in total. The van der Waals surface area contributed by atoms with Gasteiger partial charge in [-0.1, -0.05) is 299 Å². The first-order chi connectivity index (χ1) is 38.3. The van der Waals surface area contributed by atoms with Gasteiger partial charge in [0, 0.05) is 6.42 Å². The minimum Gasteiger partial charge on any atom is -0.394 e. The molecule has 0 aromatic carbocycles. The van der Waals surface area contributed by atoms with E-state index in [4.69, 9.17) is 9.47 Å². The van der Waals surface area contributed by atoms with Gasteiger partial charge in [-0.2, -0.15) is 0 Å². The molecule has 78 heavy (non-hydrogen) atoms. The summed E-state index contributed by atoms with van der Waals surface area (Å²) in [5, 5.41) is 54.7. The van der Waals surface area contributed by atoms with Gasteiger partial charge in [-0.15, -0.1) is 0 Å². The highest BCUT2D eigenvalue weighted by Gasteiger charge is 2.44. The molecule has 0 saturated carbocycles. The van der Waals surface area contributed by atoms with Crippen LogP contribution in [-0.2, 0) is 14.3 Å².